The fourth-order valence-corrected chi connectivity index (χ4v) is 2.78. The Bertz CT molecular complexity index is 1010. The summed E-state index contributed by atoms with van der Waals surface area (Å²) in [5, 5.41) is 14.4. The van der Waals surface area contributed by atoms with Crippen LogP contribution in [0, 0.1) is 0 Å². The van der Waals surface area contributed by atoms with E-state index in [1.807, 2.05) is 19.1 Å². The van der Waals surface area contributed by atoms with Crippen LogP contribution < -0.4 is 10.1 Å². The van der Waals surface area contributed by atoms with E-state index in [9.17, 15) is 14.7 Å². The van der Waals surface area contributed by atoms with Crippen LogP contribution in [0.15, 0.2) is 60.7 Å². The number of phenols is 1. The van der Waals surface area contributed by atoms with Gasteiger partial charge in [0.2, 0.25) is 0 Å². The van der Waals surface area contributed by atoms with Crippen LogP contribution in [0.1, 0.15) is 24.2 Å². The van der Waals surface area contributed by atoms with Gasteiger partial charge in [-0.1, -0.05) is 42.5 Å². The van der Waals surface area contributed by atoms with E-state index in [0.717, 1.165) is 5.39 Å². The Balaban J connectivity index is 1.72. The van der Waals surface area contributed by atoms with E-state index in [1.54, 1.807) is 42.5 Å². The first-order chi connectivity index (χ1) is 13.5. The molecule has 3 aromatic carbocycles. The summed E-state index contributed by atoms with van der Waals surface area (Å²) in [5.74, 6) is -0.911. The highest BCUT2D eigenvalue weighted by molar-refractivity contribution is 6.03. The van der Waals surface area contributed by atoms with Crippen LogP contribution in [-0.4, -0.2) is 29.7 Å². The Hall–Kier alpha value is -3.54. The van der Waals surface area contributed by atoms with Crippen LogP contribution in [0.4, 0.5) is 5.69 Å². The summed E-state index contributed by atoms with van der Waals surface area (Å²) in [6, 6.07) is 17.3. The minimum atomic E-state index is -1.06. The molecule has 0 bridgehead atoms. The number of ether oxygens (including phenoxy) is 2. The molecular weight excluding hydrogens is 358 g/mol. The molecule has 6 heteroatoms. The van der Waals surface area contributed by atoms with Gasteiger partial charge in [-0.3, -0.25) is 4.79 Å². The molecule has 0 spiro atoms. The quantitative estimate of drug-likeness (QED) is 0.629. The van der Waals surface area contributed by atoms with E-state index in [2.05, 4.69) is 5.32 Å². The van der Waals surface area contributed by atoms with Crippen LogP contribution in [0.2, 0.25) is 0 Å². The van der Waals surface area contributed by atoms with Crippen molar-refractivity contribution in [1.82, 2.24) is 0 Å². The molecule has 0 aliphatic rings. The molecule has 0 aliphatic heterocycles. The summed E-state index contributed by atoms with van der Waals surface area (Å²) in [5.41, 5.74) is 0.499. The molecule has 3 aromatic rings. The molecule has 0 saturated carbocycles. The Morgan fingerprint density at radius 1 is 1.04 bits per heavy atom. The van der Waals surface area contributed by atoms with E-state index in [0.29, 0.717) is 23.4 Å². The number of carbonyl (C=O) groups excluding carboxylic acids is 2. The van der Waals surface area contributed by atoms with Crippen molar-refractivity contribution in [3.05, 3.63) is 66.2 Å². The van der Waals surface area contributed by atoms with Crippen molar-refractivity contribution in [1.29, 1.82) is 0 Å². The predicted octanol–water partition coefficient (Wildman–Crippen LogP) is 4.13. The highest BCUT2D eigenvalue weighted by Crippen LogP contribution is 2.29. The maximum Gasteiger partial charge on any atom is 0.342 e. The zero-order chi connectivity index (χ0) is 20.1. The third kappa shape index (κ3) is 4.06. The summed E-state index contributed by atoms with van der Waals surface area (Å²) < 4.78 is 10.7. The van der Waals surface area contributed by atoms with E-state index < -0.39 is 18.0 Å². The summed E-state index contributed by atoms with van der Waals surface area (Å²) >= 11 is 0. The SMILES string of the molecule is CCOc1ccccc1NC(=O)[C@H](C)OC(=O)c1ccc2ccccc2c1O. The number of anilines is 1. The molecule has 0 heterocycles. The first-order valence-corrected chi connectivity index (χ1v) is 8.95. The lowest BCUT2D eigenvalue weighted by Crippen LogP contribution is -2.30. The van der Waals surface area contributed by atoms with E-state index in [-0.39, 0.29) is 11.3 Å². The van der Waals surface area contributed by atoms with E-state index in [1.165, 1.54) is 13.0 Å². The summed E-state index contributed by atoms with van der Waals surface area (Å²) in [4.78, 5) is 24.9. The average molecular weight is 379 g/mol. The third-order valence-corrected chi connectivity index (χ3v) is 4.22. The van der Waals surface area contributed by atoms with Crippen molar-refractivity contribution in [2.45, 2.75) is 20.0 Å². The van der Waals surface area contributed by atoms with Gasteiger partial charge in [-0.2, -0.15) is 0 Å². The van der Waals surface area contributed by atoms with Crippen molar-refractivity contribution < 1.29 is 24.2 Å². The molecule has 144 valence electrons. The van der Waals surface area contributed by atoms with Crippen LogP contribution >= 0.6 is 0 Å². The lowest BCUT2D eigenvalue weighted by molar-refractivity contribution is -0.123. The molecule has 1 amide bonds. The number of aromatic hydroxyl groups is 1. The number of nitrogens with one attached hydrogen (secondary N) is 1. The maximum absolute atomic E-state index is 12.5. The number of carbonyl (C=O) groups is 2. The van der Waals surface area contributed by atoms with E-state index >= 15 is 0 Å². The fraction of sp³-hybridized carbons (Fsp3) is 0.182. The van der Waals surface area contributed by atoms with Gasteiger partial charge in [0, 0.05) is 5.39 Å². The minimum absolute atomic E-state index is 0.00747. The van der Waals surface area contributed by atoms with Crippen molar-refractivity contribution in [2.24, 2.45) is 0 Å². The number of amides is 1. The number of hydrogen-bond acceptors (Lipinski definition) is 5. The molecule has 3 rings (SSSR count). The Kier molecular flexibility index (Phi) is 5.79. The topological polar surface area (TPSA) is 84.9 Å². The van der Waals surface area contributed by atoms with Gasteiger partial charge in [-0.05, 0) is 37.4 Å². The smallest absolute Gasteiger partial charge is 0.342 e. The summed E-state index contributed by atoms with van der Waals surface area (Å²) in [7, 11) is 0. The monoisotopic (exact) mass is 379 g/mol. The summed E-state index contributed by atoms with van der Waals surface area (Å²) in [6.45, 7) is 3.77. The van der Waals surface area contributed by atoms with Crippen LogP contribution in [-0.2, 0) is 9.53 Å². The van der Waals surface area contributed by atoms with Crippen LogP contribution in [0.3, 0.4) is 0 Å². The number of phenolic OH excluding ortho intramolecular Hbond substituents is 1. The predicted molar refractivity (Wildman–Crippen MR) is 107 cm³/mol. The Morgan fingerprint density at radius 2 is 1.75 bits per heavy atom. The molecular formula is C22H21NO5. The number of esters is 1. The first-order valence-electron chi connectivity index (χ1n) is 8.95. The van der Waals surface area contributed by atoms with Gasteiger partial charge in [0.15, 0.2) is 6.10 Å². The van der Waals surface area contributed by atoms with Crippen molar-refractivity contribution >= 4 is 28.3 Å². The van der Waals surface area contributed by atoms with Crippen LogP contribution in [0.25, 0.3) is 10.8 Å². The Morgan fingerprint density at radius 3 is 2.54 bits per heavy atom. The second kappa shape index (κ2) is 8.43. The summed E-state index contributed by atoms with van der Waals surface area (Å²) in [6.07, 6.45) is -1.06. The average Bonchev–Trinajstić information content (AvgIpc) is 2.70. The lowest BCUT2D eigenvalue weighted by Gasteiger charge is -2.16. The molecule has 0 saturated heterocycles. The van der Waals surface area contributed by atoms with E-state index in [4.69, 9.17) is 9.47 Å². The number of fused-ring (bicyclic) bond motifs is 1. The van der Waals surface area contributed by atoms with Gasteiger partial charge in [0.05, 0.1) is 12.3 Å². The lowest BCUT2D eigenvalue weighted by atomic mass is 10.1. The molecule has 28 heavy (non-hydrogen) atoms. The molecule has 0 radical (unpaired) electrons. The molecule has 0 fully saturated rings. The van der Waals surface area contributed by atoms with Gasteiger partial charge in [-0.15, -0.1) is 0 Å². The molecule has 0 unspecified atom stereocenters. The normalized spacial score (nSPS) is 11.6. The van der Waals surface area contributed by atoms with Gasteiger partial charge in [0.25, 0.3) is 5.91 Å². The number of hydrogen-bond donors (Lipinski definition) is 2. The first kappa shape index (κ1) is 19.2. The van der Waals surface area contributed by atoms with Gasteiger partial charge in [-0.25, -0.2) is 4.79 Å². The largest absolute Gasteiger partial charge is 0.506 e. The molecule has 2 N–H and O–H groups in total. The van der Waals surface area contributed by atoms with Crippen molar-refractivity contribution in [2.75, 3.05) is 11.9 Å². The second-order valence-electron chi connectivity index (χ2n) is 6.15. The standard InChI is InChI=1S/C22H21NO5/c1-3-27-19-11-7-6-10-18(19)23-21(25)14(2)28-22(26)17-13-12-15-8-4-5-9-16(15)20(17)24/h4-14,24H,3H2,1-2H3,(H,23,25)/t14-/m0/s1. The fourth-order valence-electron chi connectivity index (χ4n) is 2.78. The van der Waals surface area contributed by atoms with Gasteiger partial charge >= 0.3 is 5.97 Å². The second-order valence-corrected chi connectivity index (χ2v) is 6.15. The number of para-hydroxylation sites is 2. The zero-order valence-corrected chi connectivity index (χ0v) is 15.6. The molecule has 1 atom stereocenters. The van der Waals surface area contributed by atoms with Gasteiger partial charge < -0.3 is 19.9 Å². The van der Waals surface area contributed by atoms with Gasteiger partial charge in [0.1, 0.15) is 17.1 Å². The highest BCUT2D eigenvalue weighted by atomic mass is 16.5. The molecule has 0 aromatic heterocycles. The number of benzene rings is 3. The molecule has 6 nitrogen and oxygen atoms in total. The maximum atomic E-state index is 12.5. The minimum Gasteiger partial charge on any atom is -0.506 e. The Labute approximate surface area is 162 Å². The van der Waals surface area contributed by atoms with Crippen molar-refractivity contribution in [3.8, 4) is 11.5 Å². The third-order valence-electron chi connectivity index (χ3n) is 4.22. The van der Waals surface area contributed by atoms with Crippen molar-refractivity contribution in [3.63, 3.8) is 0 Å². The highest BCUT2D eigenvalue weighted by Gasteiger charge is 2.22. The van der Waals surface area contributed by atoms with Crippen LogP contribution in [0.5, 0.6) is 11.5 Å². The molecule has 0 aliphatic carbocycles. The number of rotatable bonds is 6. The zero-order valence-electron chi connectivity index (χ0n) is 15.6.